The number of alkyl halides is 2. The zero-order valence-corrected chi connectivity index (χ0v) is 20.1. The van der Waals surface area contributed by atoms with E-state index < -0.39 is 11.8 Å². The summed E-state index contributed by atoms with van der Waals surface area (Å²) in [7, 11) is 0. The summed E-state index contributed by atoms with van der Waals surface area (Å²) in [4.78, 5) is 30.2. The Kier molecular flexibility index (Phi) is 7.79. The fraction of sp³-hybridized carbons (Fsp3) is 0.370. The van der Waals surface area contributed by atoms with Gasteiger partial charge in [0.25, 0.3) is 11.8 Å². The molecule has 2 aliphatic rings. The second-order valence-corrected chi connectivity index (χ2v) is 9.33. The Balaban J connectivity index is 1.44. The van der Waals surface area contributed by atoms with Crippen molar-refractivity contribution in [2.24, 2.45) is 5.73 Å². The highest BCUT2D eigenvalue weighted by Crippen LogP contribution is 2.29. The van der Waals surface area contributed by atoms with Crippen LogP contribution in [0.4, 0.5) is 20.3 Å². The van der Waals surface area contributed by atoms with Gasteiger partial charge >= 0.3 is 0 Å². The van der Waals surface area contributed by atoms with Gasteiger partial charge in [0.2, 0.25) is 5.91 Å². The number of rotatable bonds is 9. The Labute approximate surface area is 209 Å². The number of carbonyl (C=O) groups excluding carboxylic acids is 2. The summed E-state index contributed by atoms with van der Waals surface area (Å²) in [5, 5.41) is 6.12. The number of allylic oxidation sites excluding steroid dienone is 1. The molecule has 0 bridgehead atoms. The summed E-state index contributed by atoms with van der Waals surface area (Å²) in [6.07, 6.45) is 6.21. The minimum absolute atomic E-state index is 0.0103. The van der Waals surface area contributed by atoms with E-state index >= 15 is 0 Å². The summed E-state index contributed by atoms with van der Waals surface area (Å²) in [6.45, 7) is 4.32. The van der Waals surface area contributed by atoms with E-state index in [0.29, 0.717) is 37.4 Å². The molecule has 1 atom stereocenters. The number of anilines is 2. The topological polar surface area (TPSA) is 100 Å². The highest BCUT2D eigenvalue weighted by Gasteiger charge is 2.37. The van der Waals surface area contributed by atoms with Crippen molar-refractivity contribution >= 4 is 28.9 Å². The number of nitrogens with two attached hydrogens (primary N) is 1. The standard InChI is InChI=1S/C27H31F2N5O2/c1-2-24(35)31-21-5-3-4-19(16-21)23-11-10-22(25(30)36)26(33-23)32-20-8-6-18(7-9-20)12-14-34-15-13-27(28,29)17-34/h2,4,6-11,21H,1,3,5,12-17H2,(H2,30,36)(H,31,35)(H,32,33)/t21-/m0/s1. The Morgan fingerprint density at radius 3 is 2.67 bits per heavy atom. The lowest BCUT2D eigenvalue weighted by atomic mass is 9.92. The summed E-state index contributed by atoms with van der Waals surface area (Å²) in [5.41, 5.74) is 9.31. The molecule has 2 heterocycles. The molecule has 9 heteroatoms. The molecule has 2 amide bonds. The molecule has 1 aliphatic heterocycles. The molecule has 4 N–H and O–H groups in total. The lowest BCUT2D eigenvalue weighted by Crippen LogP contribution is -2.34. The van der Waals surface area contributed by atoms with Gasteiger partial charge in [0.15, 0.2) is 0 Å². The number of pyridine rings is 1. The normalized spacial score (nSPS) is 19.4. The van der Waals surface area contributed by atoms with Crippen LogP contribution in [0.2, 0.25) is 0 Å². The molecule has 1 aromatic heterocycles. The number of hydrogen-bond acceptors (Lipinski definition) is 5. The monoisotopic (exact) mass is 495 g/mol. The third-order valence-electron chi connectivity index (χ3n) is 6.58. The number of halogens is 2. The van der Waals surface area contributed by atoms with Crippen molar-refractivity contribution < 1.29 is 18.4 Å². The maximum absolute atomic E-state index is 13.4. The second kappa shape index (κ2) is 11.0. The van der Waals surface area contributed by atoms with Gasteiger partial charge in [-0.25, -0.2) is 13.8 Å². The van der Waals surface area contributed by atoms with Crippen molar-refractivity contribution in [3.63, 3.8) is 0 Å². The number of carbonyl (C=O) groups is 2. The maximum Gasteiger partial charge on any atom is 0.261 e. The average molecular weight is 496 g/mol. The van der Waals surface area contributed by atoms with Crippen LogP contribution in [0.3, 0.4) is 0 Å². The molecule has 1 fully saturated rings. The van der Waals surface area contributed by atoms with Gasteiger partial charge in [0.05, 0.1) is 17.8 Å². The minimum Gasteiger partial charge on any atom is -0.365 e. The Bertz CT molecular complexity index is 1160. The molecule has 7 nitrogen and oxygen atoms in total. The summed E-state index contributed by atoms with van der Waals surface area (Å²) < 4.78 is 26.8. The maximum atomic E-state index is 13.4. The van der Waals surface area contributed by atoms with E-state index in [1.54, 1.807) is 17.0 Å². The second-order valence-electron chi connectivity index (χ2n) is 9.33. The van der Waals surface area contributed by atoms with Gasteiger partial charge in [-0.05, 0) is 67.2 Å². The van der Waals surface area contributed by atoms with Crippen LogP contribution < -0.4 is 16.4 Å². The van der Waals surface area contributed by atoms with E-state index in [-0.39, 0.29) is 30.5 Å². The third-order valence-corrected chi connectivity index (χ3v) is 6.58. The zero-order valence-electron chi connectivity index (χ0n) is 20.1. The SMILES string of the molecule is C=CC(=O)N[C@H]1CCC=C(c2ccc(C(N)=O)c(Nc3ccc(CCN4CCC(F)(F)C4)cc3)n2)C1. The molecule has 0 saturated carbocycles. The van der Waals surface area contributed by atoms with Gasteiger partial charge in [-0.3, -0.25) is 14.5 Å². The average Bonchev–Trinajstić information content (AvgIpc) is 3.22. The lowest BCUT2D eigenvalue weighted by molar-refractivity contribution is -0.117. The molecule has 36 heavy (non-hydrogen) atoms. The molecule has 0 unspecified atom stereocenters. The van der Waals surface area contributed by atoms with Crippen LogP contribution in [0, 0.1) is 0 Å². The summed E-state index contributed by atoms with van der Waals surface area (Å²) in [5.74, 6) is -3.03. The van der Waals surface area contributed by atoms with Gasteiger partial charge in [0.1, 0.15) is 5.82 Å². The first kappa shape index (κ1) is 25.5. The molecule has 4 rings (SSSR count). The number of aromatic nitrogens is 1. The van der Waals surface area contributed by atoms with Crippen molar-refractivity contribution in [1.82, 2.24) is 15.2 Å². The number of nitrogens with one attached hydrogen (secondary N) is 2. The number of benzene rings is 1. The molecular weight excluding hydrogens is 464 g/mol. The summed E-state index contributed by atoms with van der Waals surface area (Å²) in [6, 6.07) is 11.0. The van der Waals surface area contributed by atoms with Crippen LogP contribution in [0.25, 0.3) is 5.57 Å². The van der Waals surface area contributed by atoms with E-state index in [1.165, 1.54) is 6.08 Å². The van der Waals surface area contributed by atoms with Crippen LogP contribution in [0.1, 0.15) is 47.3 Å². The van der Waals surface area contributed by atoms with Crippen LogP contribution in [-0.4, -0.2) is 53.3 Å². The Morgan fingerprint density at radius 2 is 2.00 bits per heavy atom. The number of hydrogen-bond donors (Lipinski definition) is 3. The van der Waals surface area contributed by atoms with E-state index in [0.717, 1.165) is 29.7 Å². The smallest absolute Gasteiger partial charge is 0.261 e. The first-order valence-electron chi connectivity index (χ1n) is 12.1. The number of amides is 2. The fourth-order valence-corrected chi connectivity index (χ4v) is 4.61. The van der Waals surface area contributed by atoms with Gasteiger partial charge < -0.3 is 16.4 Å². The van der Waals surface area contributed by atoms with Crippen LogP contribution in [0.5, 0.6) is 0 Å². The zero-order chi connectivity index (χ0) is 25.7. The van der Waals surface area contributed by atoms with E-state index in [9.17, 15) is 18.4 Å². The van der Waals surface area contributed by atoms with E-state index in [2.05, 4.69) is 28.3 Å². The van der Waals surface area contributed by atoms with Gasteiger partial charge in [0, 0.05) is 31.2 Å². The number of nitrogens with zero attached hydrogens (tertiary/aromatic N) is 2. The molecule has 0 spiro atoms. The number of likely N-dealkylation sites (tertiary alicyclic amines) is 1. The van der Waals surface area contributed by atoms with Crippen molar-refractivity contribution in [1.29, 1.82) is 0 Å². The van der Waals surface area contributed by atoms with Crippen molar-refractivity contribution in [3.05, 3.63) is 72.0 Å². The number of primary amides is 1. The predicted molar refractivity (Wildman–Crippen MR) is 136 cm³/mol. The molecule has 1 aliphatic carbocycles. The Morgan fingerprint density at radius 1 is 1.22 bits per heavy atom. The minimum atomic E-state index is -2.58. The van der Waals surface area contributed by atoms with E-state index in [4.69, 9.17) is 5.73 Å². The first-order chi connectivity index (χ1) is 17.2. The van der Waals surface area contributed by atoms with Crippen LogP contribution >= 0.6 is 0 Å². The predicted octanol–water partition coefficient (Wildman–Crippen LogP) is 4.05. The van der Waals surface area contributed by atoms with E-state index in [1.807, 2.05) is 24.3 Å². The molecular formula is C27H31F2N5O2. The quantitative estimate of drug-likeness (QED) is 0.456. The van der Waals surface area contributed by atoms with Gasteiger partial charge in [-0.15, -0.1) is 0 Å². The van der Waals surface area contributed by atoms with Gasteiger partial charge in [-0.2, -0.15) is 0 Å². The molecule has 0 radical (unpaired) electrons. The van der Waals surface area contributed by atoms with Crippen molar-refractivity contribution in [2.75, 3.05) is 25.0 Å². The lowest BCUT2D eigenvalue weighted by Gasteiger charge is -2.23. The third kappa shape index (κ3) is 6.54. The molecule has 2 aromatic rings. The molecule has 1 saturated heterocycles. The van der Waals surface area contributed by atoms with Crippen molar-refractivity contribution in [2.45, 2.75) is 44.1 Å². The highest BCUT2D eigenvalue weighted by molar-refractivity contribution is 5.98. The Hall–Kier alpha value is -3.59. The van der Waals surface area contributed by atoms with Crippen LogP contribution in [-0.2, 0) is 11.2 Å². The van der Waals surface area contributed by atoms with Crippen molar-refractivity contribution in [3.8, 4) is 0 Å². The fourth-order valence-electron chi connectivity index (χ4n) is 4.61. The molecule has 190 valence electrons. The first-order valence-corrected chi connectivity index (χ1v) is 12.1. The highest BCUT2D eigenvalue weighted by atomic mass is 19.3. The largest absolute Gasteiger partial charge is 0.365 e. The van der Waals surface area contributed by atoms with Gasteiger partial charge in [-0.1, -0.05) is 24.8 Å². The molecule has 1 aromatic carbocycles. The van der Waals surface area contributed by atoms with Crippen LogP contribution in [0.15, 0.2) is 55.1 Å². The summed E-state index contributed by atoms with van der Waals surface area (Å²) >= 11 is 0.